The molecule has 1 aliphatic carbocycles. The summed E-state index contributed by atoms with van der Waals surface area (Å²) in [5, 5.41) is 12.6. The van der Waals surface area contributed by atoms with Gasteiger partial charge in [-0.25, -0.2) is 4.79 Å². The third-order valence-corrected chi connectivity index (χ3v) is 5.61. The van der Waals surface area contributed by atoms with Gasteiger partial charge in [0.25, 0.3) is 0 Å². The Morgan fingerprint density at radius 3 is 2.59 bits per heavy atom. The molecule has 1 amide bonds. The quantitative estimate of drug-likeness (QED) is 0.767. The summed E-state index contributed by atoms with van der Waals surface area (Å²) >= 11 is 0. The predicted molar refractivity (Wildman–Crippen MR) is 102 cm³/mol. The fraction of sp³-hybridized carbons (Fsp3) is 0.619. The fourth-order valence-corrected chi connectivity index (χ4v) is 4.18. The van der Waals surface area contributed by atoms with Gasteiger partial charge in [-0.2, -0.15) is 0 Å². The van der Waals surface area contributed by atoms with Crippen LogP contribution in [0.5, 0.6) is 0 Å². The van der Waals surface area contributed by atoms with E-state index in [-0.39, 0.29) is 18.6 Å². The van der Waals surface area contributed by atoms with Crippen LogP contribution in [0.15, 0.2) is 30.3 Å². The molecule has 1 aromatic carbocycles. The molecular formula is C21H30N2O4. The third-order valence-electron chi connectivity index (χ3n) is 5.61. The molecule has 1 atom stereocenters. The van der Waals surface area contributed by atoms with E-state index in [9.17, 15) is 14.7 Å². The van der Waals surface area contributed by atoms with Crippen molar-refractivity contribution >= 4 is 11.9 Å². The molecule has 2 aliphatic rings. The third kappa shape index (κ3) is 5.53. The minimum Gasteiger partial charge on any atom is -0.479 e. The van der Waals surface area contributed by atoms with Crippen molar-refractivity contribution in [1.82, 2.24) is 10.2 Å². The summed E-state index contributed by atoms with van der Waals surface area (Å²) in [7, 11) is 0. The molecule has 2 fully saturated rings. The fourth-order valence-electron chi connectivity index (χ4n) is 4.18. The van der Waals surface area contributed by atoms with Crippen molar-refractivity contribution < 1.29 is 19.4 Å². The second-order valence-corrected chi connectivity index (χ2v) is 7.81. The van der Waals surface area contributed by atoms with Crippen LogP contribution < -0.4 is 5.32 Å². The number of nitrogens with zero attached hydrogens (tertiary/aromatic N) is 1. The van der Waals surface area contributed by atoms with Gasteiger partial charge >= 0.3 is 5.97 Å². The zero-order valence-electron chi connectivity index (χ0n) is 15.9. The number of carboxylic acids is 1. The first-order valence-corrected chi connectivity index (χ1v) is 10.00. The summed E-state index contributed by atoms with van der Waals surface area (Å²) in [4.78, 5) is 26.6. The number of hydrogen-bond acceptors (Lipinski definition) is 4. The van der Waals surface area contributed by atoms with Crippen LogP contribution in [-0.2, 0) is 20.9 Å². The van der Waals surface area contributed by atoms with Crippen molar-refractivity contribution in [1.29, 1.82) is 0 Å². The smallest absolute Gasteiger partial charge is 0.330 e. The van der Waals surface area contributed by atoms with Gasteiger partial charge in [0, 0.05) is 13.1 Å². The number of amides is 1. The average molecular weight is 374 g/mol. The molecule has 6 nitrogen and oxygen atoms in total. The highest BCUT2D eigenvalue weighted by Gasteiger charge is 2.43. The first kappa shape index (κ1) is 19.8. The van der Waals surface area contributed by atoms with Crippen LogP contribution in [0.3, 0.4) is 0 Å². The van der Waals surface area contributed by atoms with Crippen molar-refractivity contribution in [2.45, 2.75) is 63.1 Å². The van der Waals surface area contributed by atoms with Crippen LogP contribution in [0, 0.1) is 0 Å². The highest BCUT2D eigenvalue weighted by Crippen LogP contribution is 2.24. The number of benzene rings is 1. The van der Waals surface area contributed by atoms with Crippen molar-refractivity contribution in [3.05, 3.63) is 35.9 Å². The zero-order valence-corrected chi connectivity index (χ0v) is 15.9. The molecular weight excluding hydrogens is 344 g/mol. The molecule has 1 saturated heterocycles. The lowest BCUT2D eigenvalue weighted by molar-refractivity contribution is -0.151. The summed E-state index contributed by atoms with van der Waals surface area (Å²) in [5.74, 6) is -1.30. The van der Waals surface area contributed by atoms with E-state index in [1.807, 2.05) is 30.3 Å². The van der Waals surface area contributed by atoms with Crippen LogP contribution in [0.25, 0.3) is 0 Å². The van der Waals surface area contributed by atoms with Gasteiger partial charge in [-0.05, 0) is 37.8 Å². The number of ether oxygens (including phenoxy) is 1. The normalized spacial score (nSPS) is 24.4. The molecule has 1 saturated carbocycles. The van der Waals surface area contributed by atoms with Gasteiger partial charge in [-0.15, -0.1) is 0 Å². The molecule has 27 heavy (non-hydrogen) atoms. The Kier molecular flexibility index (Phi) is 6.85. The van der Waals surface area contributed by atoms with Gasteiger partial charge in [0.1, 0.15) is 6.61 Å². The molecule has 0 aromatic heterocycles. The summed E-state index contributed by atoms with van der Waals surface area (Å²) < 4.78 is 5.71. The predicted octanol–water partition coefficient (Wildman–Crippen LogP) is 2.57. The number of piperidine rings is 1. The highest BCUT2D eigenvalue weighted by molar-refractivity contribution is 5.88. The summed E-state index contributed by atoms with van der Waals surface area (Å²) in [6, 6.07) is 10.00. The number of carbonyl (C=O) groups excluding carboxylic acids is 1. The van der Waals surface area contributed by atoms with E-state index < -0.39 is 11.5 Å². The second kappa shape index (κ2) is 9.33. The zero-order chi connectivity index (χ0) is 19.1. The van der Waals surface area contributed by atoms with Crippen LogP contribution in [0.2, 0.25) is 0 Å². The van der Waals surface area contributed by atoms with E-state index in [0.717, 1.165) is 44.2 Å². The number of aliphatic carboxylic acids is 1. The molecule has 1 aromatic rings. The first-order chi connectivity index (χ1) is 13.1. The van der Waals surface area contributed by atoms with E-state index in [0.29, 0.717) is 19.5 Å². The monoisotopic (exact) mass is 374 g/mol. The lowest BCUT2D eigenvalue weighted by Gasteiger charge is -2.40. The van der Waals surface area contributed by atoms with Crippen molar-refractivity contribution in [3.63, 3.8) is 0 Å². The second-order valence-electron chi connectivity index (χ2n) is 7.81. The minimum absolute atomic E-state index is 0.0572. The Morgan fingerprint density at radius 1 is 1.15 bits per heavy atom. The lowest BCUT2D eigenvalue weighted by atomic mass is 9.88. The van der Waals surface area contributed by atoms with E-state index in [2.05, 4.69) is 10.2 Å². The summed E-state index contributed by atoms with van der Waals surface area (Å²) in [5.41, 5.74) is -0.0920. The molecule has 1 aliphatic heterocycles. The van der Waals surface area contributed by atoms with Crippen molar-refractivity contribution in [2.24, 2.45) is 0 Å². The van der Waals surface area contributed by atoms with Crippen LogP contribution in [0.4, 0.5) is 0 Å². The molecule has 6 heteroatoms. The SMILES string of the molecule is O=C(COC1CCCCC1)NC1(C(=O)O)CCCN(Cc2ccccc2)C1. The largest absolute Gasteiger partial charge is 0.479 e. The summed E-state index contributed by atoms with van der Waals surface area (Å²) in [6.45, 7) is 1.77. The Bertz CT molecular complexity index is 630. The number of likely N-dealkylation sites (tertiary alicyclic amines) is 1. The Morgan fingerprint density at radius 2 is 1.89 bits per heavy atom. The molecule has 1 unspecified atom stereocenters. The van der Waals surface area contributed by atoms with Crippen molar-refractivity contribution in [3.8, 4) is 0 Å². The molecule has 0 spiro atoms. The molecule has 2 N–H and O–H groups in total. The van der Waals surface area contributed by atoms with E-state index in [1.54, 1.807) is 0 Å². The highest BCUT2D eigenvalue weighted by atomic mass is 16.5. The van der Waals surface area contributed by atoms with Gasteiger partial charge in [0.2, 0.25) is 5.91 Å². The maximum Gasteiger partial charge on any atom is 0.330 e. The number of carbonyl (C=O) groups is 2. The number of nitrogens with one attached hydrogen (secondary N) is 1. The van der Waals surface area contributed by atoms with E-state index in [1.165, 1.54) is 6.42 Å². The van der Waals surface area contributed by atoms with Crippen molar-refractivity contribution in [2.75, 3.05) is 19.7 Å². The maximum absolute atomic E-state index is 12.4. The van der Waals surface area contributed by atoms with E-state index in [4.69, 9.17) is 4.74 Å². The number of carboxylic acid groups (broad SMARTS) is 1. The molecule has 0 bridgehead atoms. The van der Waals surface area contributed by atoms with Crippen LogP contribution >= 0.6 is 0 Å². The average Bonchev–Trinajstić information content (AvgIpc) is 2.68. The Hall–Kier alpha value is -1.92. The number of hydrogen-bond donors (Lipinski definition) is 2. The van der Waals surface area contributed by atoms with Gasteiger partial charge in [-0.3, -0.25) is 9.69 Å². The minimum atomic E-state index is -1.24. The summed E-state index contributed by atoms with van der Waals surface area (Å²) in [6.07, 6.45) is 6.80. The molecule has 1 heterocycles. The number of rotatable bonds is 7. The maximum atomic E-state index is 12.4. The van der Waals surface area contributed by atoms with Gasteiger partial charge in [0.15, 0.2) is 5.54 Å². The van der Waals surface area contributed by atoms with Gasteiger partial charge in [-0.1, -0.05) is 49.6 Å². The Labute approximate surface area is 160 Å². The standard InChI is InChI=1S/C21H30N2O4/c24-19(15-27-18-10-5-2-6-11-18)22-21(20(25)26)12-7-13-23(16-21)14-17-8-3-1-4-9-17/h1,3-4,8-9,18H,2,5-7,10-16H2,(H,22,24)(H,25,26). The van der Waals surface area contributed by atoms with Crippen LogP contribution in [-0.4, -0.2) is 53.2 Å². The van der Waals surface area contributed by atoms with Gasteiger partial charge in [0.05, 0.1) is 6.10 Å². The topological polar surface area (TPSA) is 78.9 Å². The Balaban J connectivity index is 1.57. The molecule has 148 valence electrons. The molecule has 0 radical (unpaired) electrons. The van der Waals surface area contributed by atoms with E-state index >= 15 is 0 Å². The molecule has 3 rings (SSSR count). The first-order valence-electron chi connectivity index (χ1n) is 10.00. The van der Waals surface area contributed by atoms with Crippen LogP contribution in [0.1, 0.15) is 50.5 Å². The van der Waals surface area contributed by atoms with Gasteiger partial charge < -0.3 is 15.2 Å². The lowest BCUT2D eigenvalue weighted by Crippen LogP contribution is -2.63.